The molecule has 32 heavy (non-hydrogen) atoms. The van der Waals surface area contributed by atoms with Crippen molar-refractivity contribution in [3.05, 3.63) is 90.7 Å². The molecule has 0 amide bonds. The molecule has 0 aliphatic carbocycles. The van der Waals surface area contributed by atoms with E-state index in [2.05, 4.69) is 5.16 Å². The van der Waals surface area contributed by atoms with Gasteiger partial charge in [-0.1, -0.05) is 35.5 Å². The maximum atomic E-state index is 12.8. The predicted molar refractivity (Wildman–Crippen MR) is 121 cm³/mol. The van der Waals surface area contributed by atoms with Crippen LogP contribution >= 0.6 is 0 Å². The Hall–Kier alpha value is -3.78. The molecule has 0 spiro atoms. The van der Waals surface area contributed by atoms with Crippen LogP contribution in [0.25, 0.3) is 11.3 Å². The van der Waals surface area contributed by atoms with Crippen LogP contribution in [0.3, 0.4) is 0 Å². The first-order valence-electron chi connectivity index (χ1n) is 9.85. The van der Waals surface area contributed by atoms with Gasteiger partial charge >= 0.3 is 0 Å². The Labute approximate surface area is 186 Å². The second-order valence-electron chi connectivity index (χ2n) is 6.95. The van der Waals surface area contributed by atoms with Crippen LogP contribution in [0.1, 0.15) is 5.76 Å². The van der Waals surface area contributed by atoms with E-state index in [1.165, 1.54) is 11.4 Å². The Kier molecular flexibility index (Phi) is 6.13. The number of sulfonamides is 1. The van der Waals surface area contributed by atoms with Crippen LogP contribution in [0.2, 0.25) is 0 Å². The molecule has 1 aromatic heterocycles. The minimum atomic E-state index is -3.63. The number of hydrogen-bond acceptors (Lipinski definition) is 6. The molecule has 0 N–H and O–H groups in total. The number of ether oxygens (including phenoxy) is 2. The molecule has 4 rings (SSSR count). The molecule has 0 aliphatic rings. The van der Waals surface area contributed by atoms with Crippen molar-refractivity contribution in [1.82, 2.24) is 5.16 Å². The molecule has 0 unspecified atom stereocenters. The fraction of sp³-hybridized carbons (Fsp3) is 0.125. The topological polar surface area (TPSA) is 81.9 Å². The van der Waals surface area contributed by atoms with Crippen molar-refractivity contribution < 1.29 is 22.4 Å². The highest BCUT2D eigenvalue weighted by molar-refractivity contribution is 7.92. The lowest BCUT2D eigenvalue weighted by molar-refractivity contribution is 0.249. The predicted octanol–water partition coefficient (Wildman–Crippen LogP) is 4.75. The average molecular weight is 451 g/mol. The van der Waals surface area contributed by atoms with Gasteiger partial charge in [-0.25, -0.2) is 8.42 Å². The van der Waals surface area contributed by atoms with Crippen molar-refractivity contribution in [3.8, 4) is 22.8 Å². The Balaban J connectivity index is 1.42. The lowest BCUT2D eigenvalue weighted by Crippen LogP contribution is -2.26. The van der Waals surface area contributed by atoms with E-state index in [-0.39, 0.29) is 11.5 Å². The molecule has 0 fully saturated rings. The van der Waals surface area contributed by atoms with Crippen LogP contribution in [0.5, 0.6) is 11.5 Å². The Bertz CT molecular complexity index is 1290. The van der Waals surface area contributed by atoms with E-state index in [1.54, 1.807) is 67.8 Å². The molecule has 7 nitrogen and oxygen atoms in total. The molecule has 164 valence electrons. The zero-order chi connectivity index (χ0) is 22.6. The average Bonchev–Trinajstić information content (AvgIpc) is 3.32. The van der Waals surface area contributed by atoms with Gasteiger partial charge in [0.15, 0.2) is 5.76 Å². The minimum absolute atomic E-state index is 0.180. The molecule has 4 aromatic rings. The van der Waals surface area contributed by atoms with Crippen molar-refractivity contribution in [3.63, 3.8) is 0 Å². The molecular weight excluding hydrogens is 428 g/mol. The van der Waals surface area contributed by atoms with Crippen molar-refractivity contribution in [2.45, 2.75) is 11.5 Å². The molecular formula is C24H22N2O5S. The summed E-state index contributed by atoms with van der Waals surface area (Å²) in [5.41, 5.74) is 2.01. The summed E-state index contributed by atoms with van der Waals surface area (Å²) in [5, 5.41) is 4.09. The summed E-state index contributed by atoms with van der Waals surface area (Å²) < 4.78 is 43.3. The van der Waals surface area contributed by atoms with E-state index >= 15 is 0 Å². The molecule has 1 heterocycles. The third-order valence-corrected chi connectivity index (χ3v) is 6.72. The maximum Gasteiger partial charge on any atom is 0.264 e. The summed E-state index contributed by atoms with van der Waals surface area (Å²) in [6.45, 7) is 0.180. The van der Waals surface area contributed by atoms with Crippen LogP contribution in [0.15, 0.2) is 94.3 Å². The smallest absolute Gasteiger partial charge is 0.264 e. The van der Waals surface area contributed by atoms with E-state index in [9.17, 15) is 8.42 Å². The summed E-state index contributed by atoms with van der Waals surface area (Å²) in [7, 11) is -0.504. The molecule has 0 radical (unpaired) electrons. The molecule has 0 saturated carbocycles. The van der Waals surface area contributed by atoms with Gasteiger partial charge in [0.25, 0.3) is 10.0 Å². The molecule has 0 saturated heterocycles. The zero-order valence-electron chi connectivity index (χ0n) is 17.6. The highest BCUT2D eigenvalue weighted by Gasteiger charge is 2.20. The number of hydrogen-bond donors (Lipinski definition) is 0. The fourth-order valence-electron chi connectivity index (χ4n) is 3.16. The van der Waals surface area contributed by atoms with Gasteiger partial charge < -0.3 is 14.0 Å². The summed E-state index contributed by atoms with van der Waals surface area (Å²) in [4.78, 5) is 0.235. The van der Waals surface area contributed by atoms with E-state index < -0.39 is 10.0 Å². The molecule has 8 heteroatoms. The maximum absolute atomic E-state index is 12.8. The second kappa shape index (κ2) is 9.15. The van der Waals surface area contributed by atoms with E-state index in [1.807, 2.05) is 24.3 Å². The van der Waals surface area contributed by atoms with Crippen LogP contribution in [-0.2, 0) is 16.6 Å². The molecule has 0 bridgehead atoms. The summed E-state index contributed by atoms with van der Waals surface area (Å²) in [6.07, 6.45) is 0. The Morgan fingerprint density at radius 1 is 0.938 bits per heavy atom. The lowest BCUT2D eigenvalue weighted by Gasteiger charge is -2.19. The van der Waals surface area contributed by atoms with Crippen molar-refractivity contribution in [1.29, 1.82) is 0 Å². The van der Waals surface area contributed by atoms with Gasteiger partial charge in [-0.05, 0) is 48.5 Å². The summed E-state index contributed by atoms with van der Waals surface area (Å²) in [5.74, 6) is 1.84. The quantitative estimate of drug-likeness (QED) is 0.385. The van der Waals surface area contributed by atoms with Gasteiger partial charge in [0.1, 0.15) is 23.8 Å². The van der Waals surface area contributed by atoms with Gasteiger partial charge in [-0.3, -0.25) is 4.31 Å². The van der Waals surface area contributed by atoms with Gasteiger partial charge in [-0.2, -0.15) is 0 Å². The van der Waals surface area contributed by atoms with E-state index in [0.29, 0.717) is 28.6 Å². The lowest BCUT2D eigenvalue weighted by atomic mass is 10.1. The number of methoxy groups -OCH3 is 1. The standard InChI is InChI=1S/C24H22N2O5S/c1-26(32(27,28)21-8-4-3-5-9-21)18-12-14-19(15-13-18)30-17-20-16-23(25-31-20)22-10-6-7-11-24(22)29-2/h3-16H,17H2,1-2H3. The third kappa shape index (κ3) is 4.45. The molecule has 0 atom stereocenters. The zero-order valence-corrected chi connectivity index (χ0v) is 18.5. The number of aromatic nitrogens is 1. The first kappa shape index (κ1) is 21.5. The highest BCUT2D eigenvalue weighted by atomic mass is 32.2. The first-order chi connectivity index (χ1) is 15.5. The largest absolute Gasteiger partial charge is 0.496 e. The van der Waals surface area contributed by atoms with Crippen molar-refractivity contribution in [2.24, 2.45) is 0 Å². The number of nitrogens with zero attached hydrogens (tertiary/aromatic N) is 2. The van der Waals surface area contributed by atoms with E-state index in [4.69, 9.17) is 14.0 Å². The number of rotatable bonds is 8. The van der Waals surface area contributed by atoms with Crippen LogP contribution in [0.4, 0.5) is 5.69 Å². The normalized spacial score (nSPS) is 11.2. The second-order valence-corrected chi connectivity index (χ2v) is 8.92. The van der Waals surface area contributed by atoms with Gasteiger partial charge in [0, 0.05) is 18.7 Å². The number of benzene rings is 3. The van der Waals surface area contributed by atoms with Crippen molar-refractivity contribution in [2.75, 3.05) is 18.5 Å². The number of anilines is 1. The summed E-state index contributed by atoms with van der Waals surface area (Å²) >= 11 is 0. The summed E-state index contributed by atoms with van der Waals surface area (Å²) in [6, 6.07) is 24.5. The van der Waals surface area contributed by atoms with E-state index in [0.717, 1.165) is 5.56 Å². The molecule has 0 aliphatic heterocycles. The van der Waals surface area contributed by atoms with Gasteiger partial charge in [0.2, 0.25) is 0 Å². The minimum Gasteiger partial charge on any atom is -0.496 e. The third-order valence-electron chi connectivity index (χ3n) is 4.92. The highest BCUT2D eigenvalue weighted by Crippen LogP contribution is 2.29. The van der Waals surface area contributed by atoms with Crippen LogP contribution in [0, 0.1) is 0 Å². The Morgan fingerprint density at radius 2 is 1.62 bits per heavy atom. The first-order valence-corrected chi connectivity index (χ1v) is 11.3. The SMILES string of the molecule is COc1ccccc1-c1cc(COc2ccc(N(C)S(=O)(=O)c3ccccc3)cc2)on1. The number of para-hydroxylation sites is 1. The monoisotopic (exact) mass is 450 g/mol. The Morgan fingerprint density at radius 3 is 2.34 bits per heavy atom. The molecule has 3 aromatic carbocycles. The van der Waals surface area contributed by atoms with Crippen LogP contribution in [-0.4, -0.2) is 27.7 Å². The van der Waals surface area contributed by atoms with Crippen molar-refractivity contribution >= 4 is 15.7 Å². The van der Waals surface area contributed by atoms with Crippen LogP contribution < -0.4 is 13.8 Å². The van der Waals surface area contributed by atoms with Gasteiger partial charge in [0.05, 0.1) is 17.7 Å². The fourth-order valence-corrected chi connectivity index (χ4v) is 4.38. The van der Waals surface area contributed by atoms with Gasteiger partial charge in [-0.15, -0.1) is 0 Å².